The Morgan fingerprint density at radius 3 is 2.14 bits per heavy atom. The number of nitrogens with zero attached hydrogens (tertiary/aromatic N) is 4. The fourth-order valence-electron chi connectivity index (χ4n) is 6.81. The fraction of sp³-hybridized carbons (Fsp3) is 0.523. The van der Waals surface area contributed by atoms with Crippen LogP contribution in [-0.2, 0) is 24.5 Å². The number of ether oxygens (including phenoxy) is 4. The maximum Gasteiger partial charge on any atom is 0.303 e. The van der Waals surface area contributed by atoms with Crippen LogP contribution in [0.4, 0.5) is 5.69 Å². The number of anilines is 1. The van der Waals surface area contributed by atoms with Crippen LogP contribution in [-0.4, -0.2) is 108 Å². The number of carboxylic acid groups (broad SMARTS) is 1. The van der Waals surface area contributed by atoms with Gasteiger partial charge in [0.05, 0.1) is 44.6 Å². The van der Waals surface area contributed by atoms with E-state index in [9.17, 15) is 9.59 Å². The lowest BCUT2D eigenvalue weighted by Gasteiger charge is -2.40. The van der Waals surface area contributed by atoms with Crippen molar-refractivity contribution in [2.24, 2.45) is 0 Å². The first-order valence-electron chi connectivity index (χ1n) is 20.7. The third-order valence-electron chi connectivity index (χ3n) is 10.3. The Morgan fingerprint density at radius 2 is 1.47 bits per heavy atom. The zero-order valence-electron chi connectivity index (χ0n) is 34.1. The number of hydrogen-bond acceptors (Lipinski definition) is 11. The third-order valence-corrected chi connectivity index (χ3v) is 10.3. The van der Waals surface area contributed by atoms with E-state index in [1.807, 2.05) is 67.6 Å². The van der Waals surface area contributed by atoms with Gasteiger partial charge >= 0.3 is 5.97 Å². The van der Waals surface area contributed by atoms with Crippen LogP contribution >= 0.6 is 0 Å². The summed E-state index contributed by atoms with van der Waals surface area (Å²) in [6, 6.07) is 19.2. The van der Waals surface area contributed by atoms with Crippen LogP contribution in [0.25, 0.3) is 11.4 Å². The first-order valence-corrected chi connectivity index (χ1v) is 20.7. The number of pyridine rings is 1. The Hall–Kier alpha value is -4.89. The van der Waals surface area contributed by atoms with Gasteiger partial charge < -0.3 is 39.6 Å². The molecule has 1 atom stereocenters. The minimum Gasteiger partial charge on any atom is -0.494 e. The average Bonchev–Trinajstić information content (AvgIpc) is 3.75. The summed E-state index contributed by atoms with van der Waals surface area (Å²) in [4.78, 5) is 35.3. The summed E-state index contributed by atoms with van der Waals surface area (Å²) in [6.07, 6.45) is 11.9. The summed E-state index contributed by atoms with van der Waals surface area (Å²) in [5, 5.41) is 23.3. The van der Waals surface area contributed by atoms with E-state index in [4.69, 9.17) is 29.0 Å². The highest BCUT2D eigenvalue weighted by Gasteiger charge is 2.39. The Morgan fingerprint density at radius 1 is 0.828 bits per heavy atom. The van der Waals surface area contributed by atoms with E-state index in [-0.39, 0.29) is 18.4 Å². The zero-order valence-corrected chi connectivity index (χ0v) is 34.1. The lowest BCUT2D eigenvalue weighted by atomic mass is 9.86. The van der Waals surface area contributed by atoms with Crippen LogP contribution in [0.5, 0.6) is 5.75 Å². The molecule has 2 aromatic carbocycles. The molecule has 14 heteroatoms. The van der Waals surface area contributed by atoms with E-state index >= 15 is 0 Å². The van der Waals surface area contributed by atoms with E-state index in [0.717, 1.165) is 92.8 Å². The minimum absolute atomic E-state index is 0.145. The van der Waals surface area contributed by atoms with Gasteiger partial charge in [0.25, 0.3) is 5.91 Å². The third kappa shape index (κ3) is 14.8. The Bertz CT molecular complexity index is 1780. The summed E-state index contributed by atoms with van der Waals surface area (Å²) in [7, 11) is 2.13. The molecule has 1 aliphatic rings. The first-order chi connectivity index (χ1) is 28.3. The van der Waals surface area contributed by atoms with Crippen LogP contribution in [0, 0.1) is 0 Å². The van der Waals surface area contributed by atoms with E-state index in [1.54, 1.807) is 12.4 Å². The molecule has 1 unspecified atom stereocenters. The number of H-pyrrole nitrogens is 1. The number of amides is 1. The number of nitrogens with one attached hydrogen (secondary N) is 3. The summed E-state index contributed by atoms with van der Waals surface area (Å²) >= 11 is 0. The van der Waals surface area contributed by atoms with Crippen molar-refractivity contribution in [1.82, 2.24) is 30.4 Å². The number of aliphatic carboxylic acids is 1. The van der Waals surface area contributed by atoms with E-state index < -0.39 is 11.5 Å². The molecule has 14 nitrogen and oxygen atoms in total. The van der Waals surface area contributed by atoms with Gasteiger partial charge in [0.15, 0.2) is 11.6 Å². The van der Waals surface area contributed by atoms with Gasteiger partial charge in [0.2, 0.25) is 0 Å². The maximum atomic E-state index is 13.5. The molecule has 0 spiro atoms. The van der Waals surface area contributed by atoms with Crippen molar-refractivity contribution in [2.45, 2.75) is 82.7 Å². The van der Waals surface area contributed by atoms with Gasteiger partial charge in [-0.3, -0.25) is 19.7 Å². The normalized spacial score (nSPS) is 14.5. The van der Waals surface area contributed by atoms with Gasteiger partial charge in [-0.25, -0.2) is 4.98 Å². The van der Waals surface area contributed by atoms with Crippen molar-refractivity contribution in [3.63, 3.8) is 0 Å². The van der Waals surface area contributed by atoms with E-state index in [0.29, 0.717) is 64.1 Å². The second kappa shape index (κ2) is 24.1. The second-order valence-electron chi connectivity index (χ2n) is 14.9. The molecule has 58 heavy (non-hydrogen) atoms. The summed E-state index contributed by atoms with van der Waals surface area (Å²) in [6.45, 7) is 7.97. The fourth-order valence-corrected chi connectivity index (χ4v) is 6.81. The van der Waals surface area contributed by atoms with Gasteiger partial charge in [0, 0.05) is 61.9 Å². The number of likely N-dealkylation sites (tertiary alicyclic amines) is 1. The molecule has 1 saturated heterocycles. The number of piperidine rings is 1. The molecule has 314 valence electrons. The quantitative estimate of drug-likeness (QED) is 0.0455. The predicted molar refractivity (Wildman–Crippen MR) is 223 cm³/mol. The molecule has 0 radical (unpaired) electrons. The molecule has 3 heterocycles. The molecule has 0 saturated carbocycles. The molecular formula is C44H61N7O7. The van der Waals surface area contributed by atoms with Crippen LogP contribution < -0.4 is 15.4 Å². The molecule has 1 fully saturated rings. The van der Waals surface area contributed by atoms with E-state index in [2.05, 4.69) is 37.8 Å². The number of carboxylic acids is 1. The second-order valence-corrected chi connectivity index (χ2v) is 14.9. The minimum atomic E-state index is -0.746. The number of carbonyl (C=O) groups is 2. The number of aromatic amines is 1. The largest absolute Gasteiger partial charge is 0.494 e. The predicted octanol–water partition coefficient (Wildman–Crippen LogP) is 7.02. The highest BCUT2D eigenvalue weighted by atomic mass is 16.5. The highest BCUT2D eigenvalue weighted by molar-refractivity contribution is 5.95. The van der Waals surface area contributed by atoms with Crippen molar-refractivity contribution >= 4 is 17.6 Å². The number of benzene rings is 2. The van der Waals surface area contributed by atoms with Crippen LogP contribution in [0.2, 0.25) is 0 Å². The Kier molecular flexibility index (Phi) is 18.4. The number of carbonyl (C=O) groups excluding carboxylic acids is 1. The van der Waals surface area contributed by atoms with Crippen LogP contribution in [0.1, 0.15) is 98.9 Å². The SMILES string of the molecule is CC(NC(=O)c1cccc(NC2(c3nc(-c4ccncc4)n[nH]3)CCN(C)CC2)c1)c1ccc(OCCCCCCOCCOCCOCCCCCC(=O)O)cc1. The lowest BCUT2D eigenvalue weighted by molar-refractivity contribution is -0.137. The standard InChI is InChI=1S/C44H61N7O7/c1-34(35-14-16-39(17-15-35)58-28-9-4-3-7-26-55-29-31-57-32-30-56-27-8-5-6-13-40(52)53)46-42(54)37-11-10-12-38(33-37)48-44(20-24-51(2)25-21-44)43-47-41(49-50-43)36-18-22-45-23-19-36/h10-12,14-19,22-23,33-34,48H,3-9,13,20-21,24-32H2,1-2H3,(H,46,54)(H,52,53)(H,47,49,50). The molecule has 4 N–H and O–H groups in total. The molecule has 4 aromatic rings. The molecular weight excluding hydrogens is 739 g/mol. The molecule has 1 aliphatic heterocycles. The molecule has 1 amide bonds. The molecule has 0 bridgehead atoms. The summed E-state index contributed by atoms with van der Waals surface area (Å²) in [5.74, 6) is 1.33. The monoisotopic (exact) mass is 799 g/mol. The molecule has 2 aromatic heterocycles. The smallest absolute Gasteiger partial charge is 0.303 e. The van der Waals surface area contributed by atoms with Gasteiger partial charge in [-0.15, -0.1) is 0 Å². The number of hydrogen-bond donors (Lipinski definition) is 4. The van der Waals surface area contributed by atoms with Gasteiger partial charge in [-0.1, -0.05) is 31.0 Å². The number of unbranched alkanes of at least 4 members (excludes halogenated alkanes) is 5. The van der Waals surface area contributed by atoms with Gasteiger partial charge in [0.1, 0.15) is 5.75 Å². The zero-order chi connectivity index (χ0) is 40.8. The molecule has 0 aliphatic carbocycles. The van der Waals surface area contributed by atoms with E-state index in [1.165, 1.54) is 0 Å². The summed E-state index contributed by atoms with van der Waals surface area (Å²) < 4.78 is 22.7. The Balaban J connectivity index is 0.954. The maximum absolute atomic E-state index is 13.5. The van der Waals surface area contributed by atoms with Crippen molar-refractivity contribution in [1.29, 1.82) is 0 Å². The molecule has 5 rings (SSSR count). The van der Waals surface area contributed by atoms with Crippen molar-refractivity contribution < 1.29 is 33.6 Å². The topological polar surface area (TPSA) is 173 Å². The Labute approximate surface area is 342 Å². The number of rotatable bonds is 27. The highest BCUT2D eigenvalue weighted by Crippen LogP contribution is 2.35. The van der Waals surface area contributed by atoms with Crippen molar-refractivity contribution in [3.05, 3.63) is 90.0 Å². The van der Waals surface area contributed by atoms with Crippen LogP contribution in [0.15, 0.2) is 73.1 Å². The van der Waals surface area contributed by atoms with Crippen molar-refractivity contribution in [3.8, 4) is 17.1 Å². The summed E-state index contributed by atoms with van der Waals surface area (Å²) in [5.41, 5.74) is 2.86. The van der Waals surface area contributed by atoms with Crippen molar-refractivity contribution in [2.75, 3.05) is 71.7 Å². The lowest BCUT2D eigenvalue weighted by Crippen LogP contribution is -2.46. The van der Waals surface area contributed by atoms with Gasteiger partial charge in [-0.2, -0.15) is 5.10 Å². The van der Waals surface area contributed by atoms with Crippen LogP contribution in [0.3, 0.4) is 0 Å². The average molecular weight is 800 g/mol. The van der Waals surface area contributed by atoms with Gasteiger partial charge in [-0.05, 0) is 107 Å². The first kappa shape index (κ1) is 44.2. The number of aromatic nitrogens is 4.